The van der Waals surface area contributed by atoms with Gasteiger partial charge in [0.15, 0.2) is 5.76 Å². The largest absolute Gasteiger partial charge is 0.453 e. The number of hydrogen-bond acceptors (Lipinski definition) is 1. The summed E-state index contributed by atoms with van der Waals surface area (Å²) in [4.78, 5) is 0. The summed E-state index contributed by atoms with van der Waals surface area (Å²) in [5, 5.41) is 3.88. The van der Waals surface area contributed by atoms with E-state index >= 15 is 0 Å². The monoisotopic (exact) mass is 396 g/mol. The van der Waals surface area contributed by atoms with Gasteiger partial charge in [-0.1, -0.05) is 57.2 Å². The Kier molecular flexibility index (Phi) is 3.87. The number of para-hydroxylation sites is 1. The van der Waals surface area contributed by atoms with Crippen LogP contribution in [-0.4, -0.2) is 17.3 Å². The maximum atomic E-state index is 6.41. The standard InChI is InChI=1S/C28H30NO/c1-17-18-12-8-9-13-19(18)22(27(2,3)4)16-21(17)25-28(5,6)26-24(29(25)7)20-14-10-11-15-23(20)30-26/h8-16H,1-7H3/q+1. The van der Waals surface area contributed by atoms with E-state index in [0.717, 1.165) is 11.3 Å². The van der Waals surface area contributed by atoms with Gasteiger partial charge in [0.05, 0.1) is 5.39 Å². The molecule has 2 heteroatoms. The molecule has 0 N–H and O–H groups in total. The van der Waals surface area contributed by atoms with Gasteiger partial charge in [-0.15, -0.1) is 0 Å². The second-order valence-electron chi connectivity index (χ2n) is 10.2. The molecular formula is C28H30NO+. The van der Waals surface area contributed by atoms with E-state index in [1.54, 1.807) is 0 Å². The molecule has 5 rings (SSSR count). The van der Waals surface area contributed by atoms with Crippen LogP contribution in [0.15, 0.2) is 59.0 Å². The number of hydrogen-bond donors (Lipinski definition) is 0. The minimum Gasteiger partial charge on any atom is -0.453 e. The van der Waals surface area contributed by atoms with Crippen LogP contribution in [0, 0.1) is 6.92 Å². The fourth-order valence-corrected chi connectivity index (χ4v) is 5.33. The minimum absolute atomic E-state index is 0.0587. The van der Waals surface area contributed by atoms with Gasteiger partial charge in [0.25, 0.3) is 5.69 Å². The molecule has 0 saturated heterocycles. The van der Waals surface area contributed by atoms with Gasteiger partial charge in [0.2, 0.25) is 5.71 Å². The van der Waals surface area contributed by atoms with Crippen molar-refractivity contribution in [3.8, 4) is 0 Å². The molecule has 1 aliphatic rings. The number of nitrogens with zero attached hydrogens (tertiary/aromatic N) is 1. The quantitative estimate of drug-likeness (QED) is 0.310. The van der Waals surface area contributed by atoms with Crippen molar-refractivity contribution in [2.24, 2.45) is 0 Å². The Bertz CT molecular complexity index is 1360. The lowest BCUT2D eigenvalue weighted by Gasteiger charge is -2.25. The molecule has 0 aliphatic carbocycles. The van der Waals surface area contributed by atoms with Crippen LogP contribution in [-0.2, 0) is 10.8 Å². The Hall–Kier alpha value is -2.87. The molecule has 0 saturated carbocycles. The molecular weight excluding hydrogens is 366 g/mol. The summed E-state index contributed by atoms with van der Waals surface area (Å²) in [5.41, 5.74) is 7.38. The van der Waals surface area contributed by atoms with Crippen molar-refractivity contribution < 1.29 is 8.99 Å². The van der Waals surface area contributed by atoms with Crippen molar-refractivity contribution in [1.82, 2.24) is 0 Å². The lowest BCUT2D eigenvalue weighted by molar-refractivity contribution is -0.400. The number of aryl methyl sites for hydroxylation is 1. The number of furan rings is 1. The molecule has 0 atom stereocenters. The molecule has 0 fully saturated rings. The summed E-state index contributed by atoms with van der Waals surface area (Å²) >= 11 is 0. The smallest absolute Gasteiger partial charge is 0.256 e. The Morgan fingerprint density at radius 1 is 0.867 bits per heavy atom. The average Bonchev–Trinajstić information content (AvgIpc) is 3.17. The van der Waals surface area contributed by atoms with Crippen molar-refractivity contribution in [1.29, 1.82) is 0 Å². The van der Waals surface area contributed by atoms with Gasteiger partial charge in [-0.2, -0.15) is 4.58 Å². The average molecular weight is 397 g/mol. The molecule has 0 bridgehead atoms. The van der Waals surface area contributed by atoms with Crippen molar-refractivity contribution >= 4 is 33.1 Å². The topological polar surface area (TPSA) is 16.1 Å². The molecule has 0 spiro atoms. The molecule has 0 unspecified atom stereocenters. The van der Waals surface area contributed by atoms with Crippen LogP contribution in [0.4, 0.5) is 5.69 Å². The zero-order valence-electron chi connectivity index (χ0n) is 19.1. The van der Waals surface area contributed by atoms with Crippen LogP contribution in [0.25, 0.3) is 21.7 Å². The lowest BCUT2D eigenvalue weighted by Crippen LogP contribution is -2.31. The fourth-order valence-electron chi connectivity index (χ4n) is 5.33. The third-order valence-electron chi connectivity index (χ3n) is 6.78. The van der Waals surface area contributed by atoms with Gasteiger partial charge in [0, 0.05) is 5.56 Å². The van der Waals surface area contributed by atoms with Crippen LogP contribution in [0.3, 0.4) is 0 Å². The van der Waals surface area contributed by atoms with Crippen LogP contribution in [0.2, 0.25) is 0 Å². The van der Waals surface area contributed by atoms with E-state index in [2.05, 4.69) is 102 Å². The van der Waals surface area contributed by atoms with Crippen LogP contribution < -0.4 is 0 Å². The first kappa shape index (κ1) is 19.1. The maximum Gasteiger partial charge on any atom is 0.256 e. The van der Waals surface area contributed by atoms with Gasteiger partial charge in [-0.05, 0) is 66.3 Å². The first-order valence-corrected chi connectivity index (χ1v) is 10.8. The number of benzene rings is 3. The molecule has 0 amide bonds. The number of rotatable bonds is 1. The lowest BCUT2D eigenvalue weighted by atomic mass is 9.76. The summed E-state index contributed by atoms with van der Waals surface area (Å²) in [7, 11) is 2.19. The Morgan fingerprint density at radius 3 is 2.13 bits per heavy atom. The first-order valence-electron chi connectivity index (χ1n) is 10.8. The fraction of sp³-hybridized carbons (Fsp3) is 0.321. The van der Waals surface area contributed by atoms with Gasteiger partial charge in [0.1, 0.15) is 18.0 Å². The summed E-state index contributed by atoms with van der Waals surface area (Å²) in [6, 6.07) is 19.6. The van der Waals surface area contributed by atoms with E-state index in [-0.39, 0.29) is 10.8 Å². The van der Waals surface area contributed by atoms with E-state index in [4.69, 9.17) is 4.42 Å². The molecule has 1 aliphatic heterocycles. The Labute approximate surface area is 178 Å². The van der Waals surface area contributed by atoms with Crippen molar-refractivity contribution in [2.45, 2.75) is 52.4 Å². The van der Waals surface area contributed by atoms with Crippen LogP contribution >= 0.6 is 0 Å². The van der Waals surface area contributed by atoms with E-state index in [1.807, 2.05) is 6.07 Å². The summed E-state index contributed by atoms with van der Waals surface area (Å²) < 4.78 is 8.78. The zero-order valence-corrected chi connectivity index (χ0v) is 19.1. The summed E-state index contributed by atoms with van der Waals surface area (Å²) in [6.45, 7) is 13.8. The van der Waals surface area contributed by atoms with Crippen LogP contribution in [0.1, 0.15) is 57.1 Å². The Morgan fingerprint density at radius 2 is 1.47 bits per heavy atom. The third-order valence-corrected chi connectivity index (χ3v) is 6.78. The maximum absolute atomic E-state index is 6.41. The van der Waals surface area contributed by atoms with E-state index in [9.17, 15) is 0 Å². The molecule has 0 radical (unpaired) electrons. The van der Waals surface area contributed by atoms with Gasteiger partial charge < -0.3 is 4.42 Å². The third kappa shape index (κ3) is 2.46. The number of fused-ring (bicyclic) bond motifs is 4. The summed E-state index contributed by atoms with van der Waals surface area (Å²) in [6.07, 6.45) is 0. The predicted molar refractivity (Wildman–Crippen MR) is 127 cm³/mol. The molecule has 2 heterocycles. The van der Waals surface area contributed by atoms with Crippen molar-refractivity contribution in [3.63, 3.8) is 0 Å². The normalized spacial score (nSPS) is 16.0. The van der Waals surface area contributed by atoms with E-state index < -0.39 is 0 Å². The molecule has 1 aromatic heterocycles. The van der Waals surface area contributed by atoms with Gasteiger partial charge >= 0.3 is 0 Å². The molecule has 30 heavy (non-hydrogen) atoms. The second-order valence-corrected chi connectivity index (χ2v) is 10.2. The predicted octanol–water partition coefficient (Wildman–Crippen LogP) is 7.25. The van der Waals surface area contributed by atoms with Gasteiger partial charge in [-0.25, -0.2) is 0 Å². The molecule has 3 aromatic carbocycles. The molecule has 152 valence electrons. The highest BCUT2D eigenvalue weighted by Crippen LogP contribution is 2.48. The van der Waals surface area contributed by atoms with Crippen molar-refractivity contribution in [2.75, 3.05) is 7.05 Å². The minimum atomic E-state index is -0.217. The highest BCUT2D eigenvalue weighted by Gasteiger charge is 2.50. The molecule has 2 nitrogen and oxygen atoms in total. The zero-order chi connectivity index (χ0) is 21.4. The van der Waals surface area contributed by atoms with Gasteiger partial charge in [-0.3, -0.25) is 0 Å². The SMILES string of the molecule is Cc1c(C2=[N+](C)c3c(oc4ccccc34)C2(C)C)cc(C(C)(C)C)c2ccccc12. The highest BCUT2D eigenvalue weighted by molar-refractivity contribution is 6.12. The van der Waals surface area contributed by atoms with Crippen LogP contribution in [0.5, 0.6) is 0 Å². The second kappa shape index (κ2) is 6.07. The summed E-state index contributed by atoms with van der Waals surface area (Å²) in [5.74, 6) is 1.06. The first-order chi connectivity index (χ1) is 14.1. The molecule has 4 aromatic rings. The highest BCUT2D eigenvalue weighted by atomic mass is 16.3. The van der Waals surface area contributed by atoms with E-state index in [1.165, 1.54) is 44.2 Å². The van der Waals surface area contributed by atoms with Crippen molar-refractivity contribution in [3.05, 3.63) is 77.0 Å². The van der Waals surface area contributed by atoms with E-state index in [0.29, 0.717) is 0 Å². The Balaban J connectivity index is 1.88.